The molecule has 1 heterocycles. The lowest BCUT2D eigenvalue weighted by molar-refractivity contribution is -0.122. The van der Waals surface area contributed by atoms with Crippen LogP contribution >= 0.6 is 0 Å². The van der Waals surface area contributed by atoms with Crippen molar-refractivity contribution in [2.75, 3.05) is 26.2 Å². The SMILES string of the molecule is O=C(CCOCc1ccccc1)NCCC1CCNC1. The summed E-state index contributed by atoms with van der Waals surface area (Å²) in [6, 6.07) is 10.0. The summed E-state index contributed by atoms with van der Waals surface area (Å²) in [6.07, 6.45) is 2.75. The molecular weight excluding hydrogens is 252 g/mol. The average molecular weight is 276 g/mol. The Labute approximate surface area is 120 Å². The molecule has 1 aromatic rings. The summed E-state index contributed by atoms with van der Waals surface area (Å²) in [5, 5.41) is 6.30. The first-order chi connectivity index (χ1) is 9.84. The van der Waals surface area contributed by atoms with E-state index in [4.69, 9.17) is 4.74 Å². The number of rotatable bonds is 8. The van der Waals surface area contributed by atoms with Crippen LogP contribution in [0.15, 0.2) is 30.3 Å². The third-order valence-corrected chi connectivity index (χ3v) is 3.62. The van der Waals surface area contributed by atoms with E-state index in [0.29, 0.717) is 19.6 Å². The second-order valence-corrected chi connectivity index (χ2v) is 5.29. The van der Waals surface area contributed by atoms with E-state index in [9.17, 15) is 4.79 Å². The molecule has 0 saturated carbocycles. The van der Waals surface area contributed by atoms with Crippen molar-refractivity contribution in [3.8, 4) is 0 Å². The van der Waals surface area contributed by atoms with Gasteiger partial charge in [0.25, 0.3) is 0 Å². The zero-order chi connectivity index (χ0) is 14.0. The molecule has 0 spiro atoms. The lowest BCUT2D eigenvalue weighted by Gasteiger charge is -2.09. The fourth-order valence-electron chi connectivity index (χ4n) is 2.39. The van der Waals surface area contributed by atoms with E-state index in [0.717, 1.165) is 37.5 Å². The van der Waals surface area contributed by atoms with Gasteiger partial charge in [-0.3, -0.25) is 4.79 Å². The normalized spacial score (nSPS) is 18.1. The maximum Gasteiger partial charge on any atom is 0.222 e. The predicted octanol–water partition coefficient (Wildman–Crippen LogP) is 1.71. The predicted molar refractivity (Wildman–Crippen MR) is 79.3 cm³/mol. The van der Waals surface area contributed by atoms with Crippen LogP contribution in [0, 0.1) is 5.92 Å². The highest BCUT2D eigenvalue weighted by molar-refractivity contribution is 5.75. The van der Waals surface area contributed by atoms with Gasteiger partial charge in [-0.15, -0.1) is 0 Å². The van der Waals surface area contributed by atoms with Crippen LogP contribution in [0.3, 0.4) is 0 Å². The Balaban J connectivity index is 1.47. The second-order valence-electron chi connectivity index (χ2n) is 5.29. The summed E-state index contributed by atoms with van der Waals surface area (Å²) in [6.45, 7) is 4.04. The molecule has 20 heavy (non-hydrogen) atoms. The zero-order valence-electron chi connectivity index (χ0n) is 11.9. The largest absolute Gasteiger partial charge is 0.376 e. The molecule has 110 valence electrons. The first-order valence-electron chi connectivity index (χ1n) is 7.43. The summed E-state index contributed by atoms with van der Waals surface area (Å²) in [5.74, 6) is 0.814. The quantitative estimate of drug-likeness (QED) is 0.711. The van der Waals surface area contributed by atoms with Gasteiger partial charge in [0.05, 0.1) is 13.2 Å². The van der Waals surface area contributed by atoms with Gasteiger partial charge in [0.1, 0.15) is 0 Å². The summed E-state index contributed by atoms with van der Waals surface area (Å²) >= 11 is 0. The number of benzene rings is 1. The molecule has 1 aromatic carbocycles. The molecule has 2 N–H and O–H groups in total. The van der Waals surface area contributed by atoms with Crippen molar-refractivity contribution in [2.45, 2.75) is 25.9 Å². The fourth-order valence-corrected chi connectivity index (χ4v) is 2.39. The maximum absolute atomic E-state index is 11.6. The van der Waals surface area contributed by atoms with Crippen LogP contribution in [-0.2, 0) is 16.1 Å². The molecule has 4 nitrogen and oxygen atoms in total. The van der Waals surface area contributed by atoms with Gasteiger partial charge in [-0.05, 0) is 37.4 Å². The highest BCUT2D eigenvalue weighted by Gasteiger charge is 2.13. The number of hydrogen-bond acceptors (Lipinski definition) is 3. The summed E-state index contributed by atoms with van der Waals surface area (Å²) in [4.78, 5) is 11.6. The van der Waals surface area contributed by atoms with Gasteiger partial charge in [-0.2, -0.15) is 0 Å². The molecular formula is C16H24N2O2. The second kappa shape index (κ2) is 8.72. The van der Waals surface area contributed by atoms with Gasteiger partial charge in [-0.1, -0.05) is 30.3 Å². The smallest absolute Gasteiger partial charge is 0.222 e. The molecule has 4 heteroatoms. The fraction of sp³-hybridized carbons (Fsp3) is 0.562. The van der Waals surface area contributed by atoms with Gasteiger partial charge < -0.3 is 15.4 Å². The van der Waals surface area contributed by atoms with E-state index in [2.05, 4.69) is 10.6 Å². The molecule has 1 aliphatic heterocycles. The van der Waals surface area contributed by atoms with Crippen LogP contribution in [0.1, 0.15) is 24.8 Å². The van der Waals surface area contributed by atoms with E-state index in [-0.39, 0.29) is 5.91 Å². The molecule has 0 bridgehead atoms. The van der Waals surface area contributed by atoms with Crippen LogP contribution in [0.4, 0.5) is 0 Å². The van der Waals surface area contributed by atoms with Crippen LogP contribution in [0.25, 0.3) is 0 Å². The van der Waals surface area contributed by atoms with E-state index in [1.807, 2.05) is 30.3 Å². The molecule has 1 aliphatic rings. The van der Waals surface area contributed by atoms with Gasteiger partial charge in [0, 0.05) is 13.0 Å². The lowest BCUT2D eigenvalue weighted by atomic mass is 10.1. The van der Waals surface area contributed by atoms with E-state index >= 15 is 0 Å². The molecule has 1 atom stereocenters. The molecule has 1 amide bonds. The van der Waals surface area contributed by atoms with Gasteiger partial charge in [0.15, 0.2) is 0 Å². The molecule has 0 radical (unpaired) electrons. The number of hydrogen-bond donors (Lipinski definition) is 2. The van der Waals surface area contributed by atoms with Crippen molar-refractivity contribution >= 4 is 5.91 Å². The third kappa shape index (κ3) is 5.72. The van der Waals surface area contributed by atoms with E-state index in [1.54, 1.807) is 0 Å². The van der Waals surface area contributed by atoms with Crippen molar-refractivity contribution in [1.82, 2.24) is 10.6 Å². The van der Waals surface area contributed by atoms with Crippen molar-refractivity contribution in [3.63, 3.8) is 0 Å². The lowest BCUT2D eigenvalue weighted by Crippen LogP contribution is -2.27. The Hall–Kier alpha value is -1.39. The van der Waals surface area contributed by atoms with Crippen molar-refractivity contribution in [1.29, 1.82) is 0 Å². The Morgan fingerprint density at radius 1 is 1.35 bits per heavy atom. The van der Waals surface area contributed by atoms with Crippen molar-refractivity contribution < 1.29 is 9.53 Å². The maximum atomic E-state index is 11.6. The first kappa shape index (κ1) is 15.0. The number of carbonyl (C=O) groups is 1. The average Bonchev–Trinajstić information content (AvgIpc) is 2.98. The molecule has 1 unspecified atom stereocenters. The molecule has 1 fully saturated rings. The molecule has 0 aromatic heterocycles. The molecule has 2 rings (SSSR count). The topological polar surface area (TPSA) is 50.4 Å². The van der Waals surface area contributed by atoms with Crippen molar-refractivity contribution in [3.05, 3.63) is 35.9 Å². The highest BCUT2D eigenvalue weighted by Crippen LogP contribution is 2.10. The van der Waals surface area contributed by atoms with Crippen LogP contribution in [0.2, 0.25) is 0 Å². The van der Waals surface area contributed by atoms with Crippen molar-refractivity contribution in [2.24, 2.45) is 5.92 Å². The number of nitrogens with one attached hydrogen (secondary N) is 2. The van der Waals surface area contributed by atoms with Crippen LogP contribution in [0.5, 0.6) is 0 Å². The minimum atomic E-state index is 0.0871. The molecule has 1 saturated heterocycles. The standard InChI is InChI=1S/C16H24N2O2/c19-16(18-10-7-14-6-9-17-12-14)8-11-20-13-15-4-2-1-3-5-15/h1-5,14,17H,6-13H2,(H,18,19). The van der Waals surface area contributed by atoms with Crippen LogP contribution < -0.4 is 10.6 Å². The van der Waals surface area contributed by atoms with E-state index < -0.39 is 0 Å². The Kier molecular flexibility index (Phi) is 6.54. The van der Waals surface area contributed by atoms with Gasteiger partial charge >= 0.3 is 0 Å². The Morgan fingerprint density at radius 2 is 2.20 bits per heavy atom. The number of ether oxygens (including phenoxy) is 1. The summed E-state index contributed by atoms with van der Waals surface area (Å²) < 4.78 is 5.50. The first-order valence-corrected chi connectivity index (χ1v) is 7.43. The van der Waals surface area contributed by atoms with Crippen LogP contribution in [-0.4, -0.2) is 32.1 Å². The Bertz CT molecular complexity index is 389. The minimum Gasteiger partial charge on any atom is -0.376 e. The monoisotopic (exact) mass is 276 g/mol. The summed E-state index contributed by atoms with van der Waals surface area (Å²) in [5.41, 5.74) is 1.14. The Morgan fingerprint density at radius 3 is 2.95 bits per heavy atom. The summed E-state index contributed by atoms with van der Waals surface area (Å²) in [7, 11) is 0. The molecule has 0 aliphatic carbocycles. The highest BCUT2D eigenvalue weighted by atomic mass is 16.5. The van der Waals surface area contributed by atoms with E-state index in [1.165, 1.54) is 6.42 Å². The minimum absolute atomic E-state index is 0.0871. The van der Waals surface area contributed by atoms with Gasteiger partial charge in [0.2, 0.25) is 5.91 Å². The number of carbonyl (C=O) groups excluding carboxylic acids is 1. The van der Waals surface area contributed by atoms with Gasteiger partial charge in [-0.25, -0.2) is 0 Å². The number of amides is 1. The third-order valence-electron chi connectivity index (χ3n) is 3.62. The zero-order valence-corrected chi connectivity index (χ0v) is 11.9.